The molecule has 0 aromatic carbocycles. The number of nitrogens with zero attached hydrogens (tertiary/aromatic N) is 3. The number of hydrogen-bond donors (Lipinski definition) is 1. The van der Waals surface area contributed by atoms with Crippen molar-refractivity contribution in [1.82, 2.24) is 9.88 Å². The predicted octanol–water partition coefficient (Wildman–Crippen LogP) is 2.20. The Balaban J connectivity index is 1.62. The molecule has 4 nitrogen and oxygen atoms in total. The van der Waals surface area contributed by atoms with Crippen LogP contribution in [-0.2, 0) is 0 Å². The minimum absolute atomic E-state index is 0.431. The van der Waals surface area contributed by atoms with Gasteiger partial charge in [-0.3, -0.25) is 9.88 Å². The number of hydrogen-bond acceptors (Lipinski definition) is 4. The second-order valence-electron chi connectivity index (χ2n) is 6.00. The molecule has 110 valence electrons. The number of aliphatic hydroxyl groups excluding tert-OH is 1. The number of likely N-dealkylation sites (tertiary alicyclic amines) is 1. The molecule has 1 aromatic heterocycles. The SMILES string of the molecule is CC[C@H](O)c1ccc(N2CCC(N3CCCC3)C2)cn1. The largest absolute Gasteiger partial charge is 0.387 e. The third-order valence-corrected chi connectivity index (χ3v) is 4.68. The van der Waals surface area contributed by atoms with Crippen molar-refractivity contribution in [2.75, 3.05) is 31.1 Å². The second kappa shape index (κ2) is 6.10. The Labute approximate surface area is 121 Å². The van der Waals surface area contributed by atoms with Crippen LogP contribution in [-0.4, -0.2) is 47.2 Å². The van der Waals surface area contributed by atoms with Gasteiger partial charge in [0.2, 0.25) is 0 Å². The van der Waals surface area contributed by atoms with Crippen LogP contribution in [0.2, 0.25) is 0 Å². The van der Waals surface area contributed by atoms with E-state index in [4.69, 9.17) is 0 Å². The lowest BCUT2D eigenvalue weighted by molar-refractivity contribution is 0.169. The predicted molar refractivity (Wildman–Crippen MR) is 80.9 cm³/mol. The van der Waals surface area contributed by atoms with Crippen LogP contribution < -0.4 is 4.90 Å². The fourth-order valence-corrected chi connectivity index (χ4v) is 3.37. The van der Waals surface area contributed by atoms with E-state index in [0.29, 0.717) is 6.42 Å². The molecule has 3 heterocycles. The fraction of sp³-hybridized carbons (Fsp3) is 0.688. The molecule has 0 amide bonds. The Morgan fingerprint density at radius 3 is 2.75 bits per heavy atom. The van der Waals surface area contributed by atoms with Crippen molar-refractivity contribution in [3.05, 3.63) is 24.0 Å². The molecule has 2 saturated heterocycles. The van der Waals surface area contributed by atoms with Gasteiger partial charge in [-0.2, -0.15) is 0 Å². The van der Waals surface area contributed by atoms with Crippen LogP contribution in [0.25, 0.3) is 0 Å². The van der Waals surface area contributed by atoms with E-state index in [2.05, 4.69) is 20.9 Å². The Bertz CT molecular complexity index is 428. The summed E-state index contributed by atoms with van der Waals surface area (Å²) in [6, 6.07) is 4.79. The van der Waals surface area contributed by atoms with Gasteiger partial charge in [-0.25, -0.2) is 0 Å². The number of rotatable bonds is 4. The van der Waals surface area contributed by atoms with Gasteiger partial charge in [0, 0.05) is 19.1 Å². The van der Waals surface area contributed by atoms with Gasteiger partial charge in [-0.05, 0) is 50.9 Å². The Morgan fingerprint density at radius 1 is 1.30 bits per heavy atom. The zero-order chi connectivity index (χ0) is 13.9. The third kappa shape index (κ3) is 2.81. The van der Waals surface area contributed by atoms with E-state index >= 15 is 0 Å². The molecule has 0 bridgehead atoms. The van der Waals surface area contributed by atoms with E-state index in [1.165, 1.54) is 38.0 Å². The third-order valence-electron chi connectivity index (χ3n) is 4.68. The summed E-state index contributed by atoms with van der Waals surface area (Å²) in [5.41, 5.74) is 1.98. The molecular weight excluding hydrogens is 250 g/mol. The van der Waals surface area contributed by atoms with Gasteiger partial charge in [0.1, 0.15) is 0 Å². The first-order valence-corrected chi connectivity index (χ1v) is 7.91. The van der Waals surface area contributed by atoms with Crippen LogP contribution in [0, 0.1) is 0 Å². The standard InChI is InChI=1S/C16H25N3O/c1-2-16(20)15-6-5-13(11-17-15)19-10-7-14(12-19)18-8-3-4-9-18/h5-6,11,14,16,20H,2-4,7-10,12H2,1H3/t14?,16-/m0/s1. The van der Waals surface area contributed by atoms with E-state index in [-0.39, 0.29) is 0 Å². The minimum atomic E-state index is -0.431. The molecule has 0 saturated carbocycles. The first-order chi connectivity index (χ1) is 9.78. The fourth-order valence-electron chi connectivity index (χ4n) is 3.37. The first-order valence-electron chi connectivity index (χ1n) is 7.91. The molecule has 1 N–H and O–H groups in total. The quantitative estimate of drug-likeness (QED) is 0.914. The molecule has 2 aliphatic rings. The van der Waals surface area contributed by atoms with Crippen molar-refractivity contribution >= 4 is 5.69 Å². The highest BCUT2D eigenvalue weighted by molar-refractivity contribution is 5.46. The zero-order valence-electron chi connectivity index (χ0n) is 12.3. The van der Waals surface area contributed by atoms with Crippen molar-refractivity contribution in [2.24, 2.45) is 0 Å². The summed E-state index contributed by atoms with van der Waals surface area (Å²) in [6.45, 7) is 6.77. The van der Waals surface area contributed by atoms with Gasteiger partial charge in [0.25, 0.3) is 0 Å². The average molecular weight is 275 g/mol. The molecule has 3 rings (SSSR count). The lowest BCUT2D eigenvalue weighted by Gasteiger charge is -2.24. The summed E-state index contributed by atoms with van der Waals surface area (Å²) < 4.78 is 0. The Morgan fingerprint density at radius 2 is 2.10 bits per heavy atom. The lowest BCUT2D eigenvalue weighted by Crippen LogP contribution is -2.35. The van der Waals surface area contributed by atoms with Crippen molar-refractivity contribution < 1.29 is 5.11 Å². The average Bonchev–Trinajstić information content (AvgIpc) is 3.17. The maximum atomic E-state index is 9.79. The lowest BCUT2D eigenvalue weighted by atomic mass is 10.2. The molecule has 0 radical (unpaired) electrons. The number of aliphatic hydroxyl groups is 1. The van der Waals surface area contributed by atoms with Crippen LogP contribution in [0.5, 0.6) is 0 Å². The molecule has 4 heteroatoms. The van der Waals surface area contributed by atoms with E-state index in [1.807, 2.05) is 19.2 Å². The number of anilines is 1. The van der Waals surface area contributed by atoms with Crippen LogP contribution >= 0.6 is 0 Å². The van der Waals surface area contributed by atoms with Crippen molar-refractivity contribution in [1.29, 1.82) is 0 Å². The van der Waals surface area contributed by atoms with Crippen LogP contribution in [0.3, 0.4) is 0 Å². The normalized spacial score (nSPS) is 25.3. The first kappa shape index (κ1) is 13.8. The summed E-state index contributed by atoms with van der Waals surface area (Å²) in [4.78, 5) is 9.48. The van der Waals surface area contributed by atoms with Gasteiger partial charge >= 0.3 is 0 Å². The minimum Gasteiger partial charge on any atom is -0.387 e. The molecule has 2 aliphatic heterocycles. The summed E-state index contributed by atoms with van der Waals surface area (Å²) in [5, 5.41) is 9.79. The molecule has 20 heavy (non-hydrogen) atoms. The summed E-state index contributed by atoms with van der Waals surface area (Å²) >= 11 is 0. The van der Waals surface area contributed by atoms with Crippen molar-refractivity contribution in [2.45, 2.75) is 44.8 Å². The highest BCUT2D eigenvalue weighted by Gasteiger charge is 2.29. The number of aromatic nitrogens is 1. The van der Waals surface area contributed by atoms with Crippen molar-refractivity contribution in [3.63, 3.8) is 0 Å². The second-order valence-corrected chi connectivity index (χ2v) is 6.00. The molecule has 2 atom stereocenters. The molecule has 2 fully saturated rings. The molecule has 0 spiro atoms. The zero-order valence-corrected chi connectivity index (χ0v) is 12.3. The number of pyridine rings is 1. The summed E-state index contributed by atoms with van der Waals surface area (Å²) in [5.74, 6) is 0. The summed E-state index contributed by atoms with van der Waals surface area (Å²) in [6.07, 6.45) is 6.19. The van der Waals surface area contributed by atoms with Crippen molar-refractivity contribution in [3.8, 4) is 0 Å². The van der Waals surface area contributed by atoms with Crippen LogP contribution in [0.15, 0.2) is 18.3 Å². The van der Waals surface area contributed by atoms with E-state index in [0.717, 1.165) is 24.8 Å². The topological polar surface area (TPSA) is 39.6 Å². The summed E-state index contributed by atoms with van der Waals surface area (Å²) in [7, 11) is 0. The highest BCUT2D eigenvalue weighted by atomic mass is 16.3. The monoisotopic (exact) mass is 275 g/mol. The maximum absolute atomic E-state index is 9.79. The van der Waals surface area contributed by atoms with Gasteiger partial charge < -0.3 is 10.0 Å². The van der Waals surface area contributed by atoms with Crippen LogP contribution in [0.1, 0.15) is 44.4 Å². The van der Waals surface area contributed by atoms with E-state index in [1.54, 1.807) is 0 Å². The smallest absolute Gasteiger partial charge is 0.0957 e. The van der Waals surface area contributed by atoms with Gasteiger partial charge in [-0.15, -0.1) is 0 Å². The molecule has 1 unspecified atom stereocenters. The Hall–Kier alpha value is -1.13. The van der Waals surface area contributed by atoms with E-state index < -0.39 is 6.10 Å². The van der Waals surface area contributed by atoms with Gasteiger partial charge in [-0.1, -0.05) is 6.92 Å². The highest BCUT2D eigenvalue weighted by Crippen LogP contribution is 2.25. The van der Waals surface area contributed by atoms with Gasteiger partial charge in [0.05, 0.1) is 23.7 Å². The van der Waals surface area contributed by atoms with Gasteiger partial charge in [0.15, 0.2) is 0 Å². The maximum Gasteiger partial charge on any atom is 0.0957 e. The molecule has 1 aromatic rings. The molecular formula is C16H25N3O. The van der Waals surface area contributed by atoms with Crippen LogP contribution in [0.4, 0.5) is 5.69 Å². The van der Waals surface area contributed by atoms with E-state index in [9.17, 15) is 5.11 Å². The Kier molecular flexibility index (Phi) is 4.22. The molecule has 0 aliphatic carbocycles.